The summed E-state index contributed by atoms with van der Waals surface area (Å²) in [6.07, 6.45) is 0. The van der Waals surface area contributed by atoms with E-state index in [4.69, 9.17) is 4.74 Å². The molecule has 0 bridgehead atoms. The summed E-state index contributed by atoms with van der Waals surface area (Å²) in [5.74, 6) is -1.00. The number of aromatic carboxylic acids is 1. The number of aromatic nitrogens is 1. The minimum Gasteiger partial charge on any atom is -0.477 e. The number of ether oxygens (including phenoxy) is 1. The van der Waals surface area contributed by atoms with E-state index >= 15 is 0 Å². The normalized spacial score (nSPS) is 15.6. The maximum atomic E-state index is 11.2. The van der Waals surface area contributed by atoms with Gasteiger partial charge >= 0.3 is 5.97 Å². The second-order valence-corrected chi connectivity index (χ2v) is 5.26. The highest BCUT2D eigenvalue weighted by Crippen LogP contribution is 2.23. The number of hydrogen-bond acceptors (Lipinski definition) is 4. The van der Waals surface area contributed by atoms with E-state index in [-0.39, 0.29) is 5.69 Å². The molecule has 5 nitrogen and oxygen atoms in total. The van der Waals surface area contributed by atoms with E-state index in [1.807, 2.05) is 36.4 Å². The van der Waals surface area contributed by atoms with Crippen LogP contribution in [0.25, 0.3) is 11.3 Å². The SMILES string of the molecule is O=C(O)c1ccc(CN2CCOCC2)c(-c2ccccc2)n1. The Morgan fingerprint density at radius 1 is 1.14 bits per heavy atom. The van der Waals surface area contributed by atoms with Crippen molar-refractivity contribution >= 4 is 5.97 Å². The maximum absolute atomic E-state index is 11.2. The lowest BCUT2D eigenvalue weighted by Gasteiger charge is -2.27. The van der Waals surface area contributed by atoms with Crippen LogP contribution in [0.15, 0.2) is 42.5 Å². The van der Waals surface area contributed by atoms with E-state index in [9.17, 15) is 9.90 Å². The minimum absolute atomic E-state index is 0.0737. The van der Waals surface area contributed by atoms with Crippen LogP contribution in [0.5, 0.6) is 0 Å². The molecule has 1 aromatic heterocycles. The largest absolute Gasteiger partial charge is 0.477 e. The van der Waals surface area contributed by atoms with E-state index in [0.29, 0.717) is 0 Å². The van der Waals surface area contributed by atoms with Crippen LogP contribution < -0.4 is 0 Å². The van der Waals surface area contributed by atoms with E-state index in [2.05, 4.69) is 9.88 Å². The van der Waals surface area contributed by atoms with Crippen molar-refractivity contribution in [2.75, 3.05) is 26.3 Å². The summed E-state index contributed by atoms with van der Waals surface area (Å²) in [6.45, 7) is 3.99. The van der Waals surface area contributed by atoms with Crippen molar-refractivity contribution in [1.29, 1.82) is 0 Å². The fraction of sp³-hybridized carbons (Fsp3) is 0.294. The number of pyridine rings is 1. The number of benzene rings is 1. The minimum atomic E-state index is -1.00. The number of nitrogens with zero attached hydrogens (tertiary/aromatic N) is 2. The average molecular weight is 298 g/mol. The highest BCUT2D eigenvalue weighted by molar-refractivity contribution is 5.86. The van der Waals surface area contributed by atoms with E-state index < -0.39 is 5.97 Å². The Morgan fingerprint density at radius 2 is 1.86 bits per heavy atom. The maximum Gasteiger partial charge on any atom is 0.354 e. The predicted octanol–water partition coefficient (Wildman–Crippen LogP) is 2.28. The van der Waals surface area contributed by atoms with Crippen LogP contribution in [0, 0.1) is 0 Å². The second kappa shape index (κ2) is 6.68. The summed E-state index contributed by atoms with van der Waals surface area (Å²) in [4.78, 5) is 17.8. The Hall–Kier alpha value is -2.24. The van der Waals surface area contributed by atoms with Crippen LogP contribution in [0.3, 0.4) is 0 Å². The Kier molecular flexibility index (Phi) is 4.46. The van der Waals surface area contributed by atoms with E-state index in [1.165, 1.54) is 0 Å². The zero-order valence-electron chi connectivity index (χ0n) is 12.2. The van der Waals surface area contributed by atoms with Crippen LogP contribution in [0.2, 0.25) is 0 Å². The molecule has 1 aliphatic heterocycles. The second-order valence-electron chi connectivity index (χ2n) is 5.26. The highest BCUT2D eigenvalue weighted by atomic mass is 16.5. The highest BCUT2D eigenvalue weighted by Gasteiger charge is 2.16. The van der Waals surface area contributed by atoms with Gasteiger partial charge in [-0.15, -0.1) is 0 Å². The number of carbonyl (C=O) groups is 1. The first-order chi connectivity index (χ1) is 10.7. The van der Waals surface area contributed by atoms with E-state index in [0.717, 1.165) is 49.7 Å². The molecular formula is C17H18N2O3. The first-order valence-electron chi connectivity index (χ1n) is 7.33. The Labute approximate surface area is 129 Å². The van der Waals surface area contributed by atoms with Gasteiger partial charge in [-0.2, -0.15) is 0 Å². The van der Waals surface area contributed by atoms with Crippen LogP contribution in [0.4, 0.5) is 0 Å². The molecule has 0 saturated carbocycles. The summed E-state index contributed by atoms with van der Waals surface area (Å²) >= 11 is 0. The lowest BCUT2D eigenvalue weighted by Crippen LogP contribution is -2.35. The molecule has 0 radical (unpaired) electrons. The summed E-state index contributed by atoms with van der Waals surface area (Å²) in [5.41, 5.74) is 2.79. The fourth-order valence-corrected chi connectivity index (χ4v) is 2.58. The molecule has 0 aliphatic carbocycles. The van der Waals surface area contributed by atoms with Gasteiger partial charge in [0, 0.05) is 25.2 Å². The molecule has 1 aromatic carbocycles. The molecule has 0 unspecified atom stereocenters. The number of hydrogen-bond donors (Lipinski definition) is 1. The molecule has 1 N–H and O–H groups in total. The lowest BCUT2D eigenvalue weighted by atomic mass is 10.0. The molecule has 1 aliphatic rings. The van der Waals surface area contributed by atoms with Gasteiger partial charge < -0.3 is 9.84 Å². The van der Waals surface area contributed by atoms with Crippen molar-refractivity contribution in [2.24, 2.45) is 0 Å². The molecule has 5 heteroatoms. The number of carboxylic acid groups (broad SMARTS) is 1. The van der Waals surface area contributed by atoms with Crippen LogP contribution in [-0.4, -0.2) is 47.3 Å². The molecule has 0 spiro atoms. The molecule has 114 valence electrons. The summed E-state index contributed by atoms with van der Waals surface area (Å²) in [7, 11) is 0. The third kappa shape index (κ3) is 3.32. The molecule has 1 fully saturated rings. The average Bonchev–Trinajstić information content (AvgIpc) is 2.57. The topological polar surface area (TPSA) is 62.7 Å². The zero-order chi connectivity index (χ0) is 15.4. The van der Waals surface area contributed by atoms with Gasteiger partial charge in [0.1, 0.15) is 5.69 Å². The molecular weight excluding hydrogens is 280 g/mol. The van der Waals surface area contributed by atoms with Gasteiger partial charge in [-0.1, -0.05) is 36.4 Å². The number of rotatable bonds is 4. The van der Waals surface area contributed by atoms with Crippen LogP contribution in [-0.2, 0) is 11.3 Å². The number of carboxylic acids is 1. The molecule has 22 heavy (non-hydrogen) atoms. The summed E-state index contributed by atoms with van der Waals surface area (Å²) in [5, 5.41) is 9.18. The van der Waals surface area contributed by atoms with Crippen molar-refractivity contribution in [2.45, 2.75) is 6.54 Å². The van der Waals surface area contributed by atoms with Gasteiger partial charge in [0.25, 0.3) is 0 Å². The van der Waals surface area contributed by atoms with Crippen molar-refractivity contribution < 1.29 is 14.6 Å². The molecule has 2 heterocycles. The van der Waals surface area contributed by atoms with Crippen LogP contribution in [0.1, 0.15) is 16.1 Å². The lowest BCUT2D eigenvalue weighted by molar-refractivity contribution is 0.0342. The van der Waals surface area contributed by atoms with Gasteiger partial charge in [-0.3, -0.25) is 4.90 Å². The summed E-state index contributed by atoms with van der Waals surface area (Å²) in [6, 6.07) is 13.2. The monoisotopic (exact) mass is 298 g/mol. The molecule has 0 atom stereocenters. The standard InChI is InChI=1S/C17H18N2O3/c20-17(21)15-7-6-14(12-19-8-10-22-11-9-19)16(18-15)13-4-2-1-3-5-13/h1-7H,8-12H2,(H,20,21). The van der Waals surface area contributed by atoms with Crippen molar-refractivity contribution in [3.63, 3.8) is 0 Å². The van der Waals surface area contributed by atoms with Gasteiger partial charge in [-0.05, 0) is 11.6 Å². The van der Waals surface area contributed by atoms with Crippen LogP contribution >= 0.6 is 0 Å². The predicted molar refractivity (Wildman–Crippen MR) is 82.7 cm³/mol. The quantitative estimate of drug-likeness (QED) is 0.938. The van der Waals surface area contributed by atoms with Gasteiger partial charge in [0.05, 0.1) is 18.9 Å². The fourth-order valence-electron chi connectivity index (χ4n) is 2.58. The third-order valence-corrected chi connectivity index (χ3v) is 3.74. The van der Waals surface area contributed by atoms with Crippen molar-refractivity contribution in [1.82, 2.24) is 9.88 Å². The molecule has 1 saturated heterocycles. The van der Waals surface area contributed by atoms with Gasteiger partial charge in [-0.25, -0.2) is 9.78 Å². The third-order valence-electron chi connectivity index (χ3n) is 3.74. The molecule has 3 rings (SSSR count). The zero-order valence-corrected chi connectivity index (χ0v) is 12.2. The van der Waals surface area contributed by atoms with Gasteiger partial charge in [0.15, 0.2) is 0 Å². The molecule has 2 aromatic rings. The van der Waals surface area contributed by atoms with Gasteiger partial charge in [0.2, 0.25) is 0 Å². The summed E-state index contributed by atoms with van der Waals surface area (Å²) < 4.78 is 5.37. The Balaban J connectivity index is 1.95. The Bertz CT molecular complexity index is 652. The smallest absolute Gasteiger partial charge is 0.354 e. The number of morpholine rings is 1. The van der Waals surface area contributed by atoms with Crippen molar-refractivity contribution in [3.05, 3.63) is 53.7 Å². The molecule has 0 amide bonds. The van der Waals surface area contributed by atoms with E-state index in [1.54, 1.807) is 6.07 Å². The Morgan fingerprint density at radius 3 is 2.55 bits per heavy atom. The van der Waals surface area contributed by atoms with Crippen molar-refractivity contribution in [3.8, 4) is 11.3 Å². The first kappa shape index (κ1) is 14.7. The first-order valence-corrected chi connectivity index (χ1v) is 7.33.